The monoisotopic (exact) mass is 383 g/mol. The molecule has 0 bridgehead atoms. The lowest BCUT2D eigenvalue weighted by atomic mass is 10.00. The van der Waals surface area contributed by atoms with Gasteiger partial charge in [0.2, 0.25) is 5.91 Å². The Morgan fingerprint density at radius 1 is 1.58 bits per heavy atom. The second-order valence-electron chi connectivity index (χ2n) is 7.60. The molecule has 2 N–H and O–H groups in total. The first-order valence-electron chi connectivity index (χ1n) is 8.59. The van der Waals surface area contributed by atoms with Crippen molar-refractivity contribution >= 4 is 24.9 Å². The fourth-order valence-electron chi connectivity index (χ4n) is 3.46. The average Bonchev–Trinajstić information content (AvgIpc) is 2.81. The van der Waals surface area contributed by atoms with E-state index in [0.717, 1.165) is 6.16 Å². The van der Waals surface area contributed by atoms with Crippen LogP contribution in [-0.4, -0.2) is 79.2 Å². The molecule has 1 saturated heterocycles. The minimum Gasteiger partial charge on any atom is -0.387 e. The van der Waals surface area contributed by atoms with Gasteiger partial charge in [0.05, 0.1) is 6.10 Å². The lowest BCUT2D eigenvalue weighted by Gasteiger charge is -2.32. The first kappa shape index (κ1) is 20.9. The minimum atomic E-state index is -1.25. The zero-order valence-corrected chi connectivity index (χ0v) is 17.1. The van der Waals surface area contributed by atoms with Crippen LogP contribution in [0.4, 0.5) is 0 Å². The van der Waals surface area contributed by atoms with Crippen molar-refractivity contribution in [2.45, 2.75) is 38.4 Å². The van der Waals surface area contributed by atoms with Crippen LogP contribution < -0.4 is 5.32 Å². The van der Waals surface area contributed by atoms with E-state index < -0.39 is 25.3 Å². The van der Waals surface area contributed by atoms with Crippen LogP contribution in [0, 0.1) is 5.92 Å². The average molecular weight is 383 g/mol. The molecule has 26 heavy (non-hydrogen) atoms. The van der Waals surface area contributed by atoms with Gasteiger partial charge in [-0.2, -0.15) is 0 Å². The number of carbonyl (C=O) groups is 1. The van der Waals surface area contributed by atoms with Crippen LogP contribution in [0.1, 0.15) is 13.8 Å². The third-order valence-corrected chi connectivity index (χ3v) is 5.95. The van der Waals surface area contributed by atoms with E-state index in [1.165, 1.54) is 6.92 Å². The van der Waals surface area contributed by atoms with Gasteiger partial charge in [-0.05, 0) is 31.5 Å². The molecule has 0 aromatic rings. The van der Waals surface area contributed by atoms with Crippen molar-refractivity contribution in [2.75, 3.05) is 26.6 Å². The van der Waals surface area contributed by atoms with Crippen molar-refractivity contribution < 1.29 is 19.4 Å². The number of aliphatic imine (C=N–C) groups is 1. The number of hydrogen-bond donors (Lipinski definition) is 2. The SMILES string of the molecule is C=C1N=C(NC(C)=O)C=CN1[C@@H]1O[C@H](C(C)CP(=C)(C)C)[C@@H](O)[C@H]1OC. The molecule has 1 fully saturated rings. The highest BCUT2D eigenvalue weighted by Gasteiger charge is 2.49. The standard InChI is InChI=1S/C18H30N3O4P/c1-11(10-26(5,6)7)16-15(23)17(24-4)18(25-16)21-9-8-14(19-12(21)2)20-13(3)22/h8-9,11,15-18,23H,2,5,10H2,1,3-4,6-7H3,(H,19,20,22)/t11?,15-,16-,17-,18-/m1/s1. The maximum Gasteiger partial charge on any atom is 0.222 e. The van der Waals surface area contributed by atoms with Crippen molar-refractivity contribution in [1.82, 2.24) is 10.2 Å². The Labute approximate surface area is 155 Å². The van der Waals surface area contributed by atoms with Crippen LogP contribution >= 0.6 is 6.89 Å². The molecule has 5 atom stereocenters. The summed E-state index contributed by atoms with van der Waals surface area (Å²) in [5, 5.41) is 13.4. The number of ether oxygens (including phenoxy) is 2. The van der Waals surface area contributed by atoms with Gasteiger partial charge in [-0.1, -0.05) is 13.5 Å². The van der Waals surface area contributed by atoms with Gasteiger partial charge in [-0.25, -0.2) is 4.99 Å². The van der Waals surface area contributed by atoms with Gasteiger partial charge in [0.25, 0.3) is 0 Å². The predicted molar refractivity (Wildman–Crippen MR) is 107 cm³/mol. The summed E-state index contributed by atoms with van der Waals surface area (Å²) < 4.78 is 11.7. The van der Waals surface area contributed by atoms with E-state index in [9.17, 15) is 9.90 Å². The molecule has 1 unspecified atom stereocenters. The minimum absolute atomic E-state index is 0.147. The highest BCUT2D eigenvalue weighted by molar-refractivity contribution is 7.72. The normalized spacial score (nSPS) is 30.3. The second kappa shape index (κ2) is 8.09. The van der Waals surface area contributed by atoms with Crippen LogP contribution in [0.3, 0.4) is 0 Å². The molecule has 0 spiro atoms. The van der Waals surface area contributed by atoms with Gasteiger partial charge < -0.3 is 24.8 Å². The number of methoxy groups -OCH3 is 1. The number of rotatable bonds is 5. The highest BCUT2D eigenvalue weighted by Crippen LogP contribution is 2.41. The Balaban J connectivity index is 2.16. The lowest BCUT2D eigenvalue weighted by molar-refractivity contribution is -0.117. The molecule has 2 aliphatic heterocycles. The van der Waals surface area contributed by atoms with Crippen LogP contribution in [-0.2, 0) is 14.3 Å². The molecule has 2 aliphatic rings. The second-order valence-corrected chi connectivity index (χ2v) is 11.8. The molecule has 0 radical (unpaired) electrons. The van der Waals surface area contributed by atoms with Crippen molar-refractivity contribution in [3.63, 3.8) is 0 Å². The molecule has 0 aromatic carbocycles. The molecule has 1 amide bonds. The van der Waals surface area contributed by atoms with E-state index in [-0.39, 0.29) is 17.9 Å². The van der Waals surface area contributed by atoms with Crippen LogP contribution in [0.15, 0.2) is 29.7 Å². The largest absolute Gasteiger partial charge is 0.387 e. The molecule has 146 valence electrons. The number of carbonyl (C=O) groups excluding carboxylic acids is 1. The van der Waals surface area contributed by atoms with Gasteiger partial charge >= 0.3 is 0 Å². The van der Waals surface area contributed by atoms with E-state index in [4.69, 9.17) is 9.47 Å². The molecular weight excluding hydrogens is 353 g/mol. The highest BCUT2D eigenvalue weighted by atomic mass is 31.2. The molecule has 2 rings (SSSR count). The van der Waals surface area contributed by atoms with Gasteiger partial charge in [0.15, 0.2) is 6.23 Å². The Bertz CT molecular complexity index is 669. The number of aliphatic hydroxyl groups excluding tert-OH is 1. The predicted octanol–water partition coefficient (Wildman–Crippen LogP) is 1.27. The number of amidine groups is 1. The summed E-state index contributed by atoms with van der Waals surface area (Å²) >= 11 is 0. The zero-order chi connectivity index (χ0) is 19.6. The molecule has 2 heterocycles. The topological polar surface area (TPSA) is 83.4 Å². The van der Waals surface area contributed by atoms with Gasteiger partial charge in [-0.3, -0.25) is 4.79 Å². The molecular formula is C18H30N3O4P. The van der Waals surface area contributed by atoms with Crippen molar-refractivity contribution in [3.05, 3.63) is 24.7 Å². The fourth-order valence-corrected chi connectivity index (χ4v) is 5.23. The number of aliphatic hydroxyl groups is 1. The summed E-state index contributed by atoms with van der Waals surface area (Å²) in [5.41, 5.74) is 0. The molecule has 0 aromatic heterocycles. The molecule has 0 saturated carbocycles. The van der Waals surface area contributed by atoms with Gasteiger partial charge in [0, 0.05) is 20.2 Å². The zero-order valence-electron chi connectivity index (χ0n) is 16.2. The molecule has 0 aliphatic carbocycles. The number of hydrogen-bond acceptors (Lipinski definition) is 6. The van der Waals surface area contributed by atoms with E-state index in [1.807, 2.05) is 0 Å². The van der Waals surface area contributed by atoms with E-state index in [1.54, 1.807) is 24.3 Å². The Morgan fingerprint density at radius 3 is 2.73 bits per heavy atom. The smallest absolute Gasteiger partial charge is 0.222 e. The van der Waals surface area contributed by atoms with E-state index in [2.05, 4.69) is 43.4 Å². The van der Waals surface area contributed by atoms with E-state index >= 15 is 0 Å². The number of nitrogens with zero attached hydrogens (tertiary/aromatic N) is 2. The van der Waals surface area contributed by atoms with Gasteiger partial charge in [0.1, 0.15) is 23.9 Å². The Hall–Kier alpha value is -1.40. The summed E-state index contributed by atoms with van der Waals surface area (Å²) in [4.78, 5) is 17.2. The third-order valence-electron chi connectivity index (χ3n) is 4.38. The van der Waals surface area contributed by atoms with E-state index in [0.29, 0.717) is 11.7 Å². The van der Waals surface area contributed by atoms with Crippen LogP contribution in [0.2, 0.25) is 0 Å². The number of amides is 1. The van der Waals surface area contributed by atoms with Crippen molar-refractivity contribution in [1.29, 1.82) is 0 Å². The third kappa shape index (κ3) is 4.86. The summed E-state index contributed by atoms with van der Waals surface area (Å²) in [6.45, 7) is 10.5. The summed E-state index contributed by atoms with van der Waals surface area (Å²) in [5.74, 6) is 0.771. The lowest BCUT2D eigenvalue weighted by Crippen LogP contribution is -2.43. The fraction of sp³-hybridized carbons (Fsp3) is 0.611. The number of nitrogens with one attached hydrogen (secondary N) is 1. The Kier molecular flexibility index (Phi) is 6.51. The maximum absolute atomic E-state index is 11.2. The first-order chi connectivity index (χ1) is 12.0. The summed E-state index contributed by atoms with van der Waals surface area (Å²) in [6, 6.07) is 0. The molecule has 7 nitrogen and oxygen atoms in total. The maximum atomic E-state index is 11.2. The molecule has 8 heteroatoms. The quantitative estimate of drug-likeness (QED) is 0.699. The summed E-state index contributed by atoms with van der Waals surface area (Å²) in [6.07, 6.45) is 6.38. The Morgan fingerprint density at radius 2 is 2.23 bits per heavy atom. The first-order valence-corrected chi connectivity index (χ1v) is 11.6. The summed E-state index contributed by atoms with van der Waals surface area (Å²) in [7, 11) is 1.55. The van der Waals surface area contributed by atoms with Crippen LogP contribution in [0.25, 0.3) is 0 Å². The van der Waals surface area contributed by atoms with Crippen molar-refractivity contribution in [3.8, 4) is 0 Å². The van der Waals surface area contributed by atoms with Gasteiger partial charge in [-0.15, -0.1) is 13.2 Å². The van der Waals surface area contributed by atoms with Crippen molar-refractivity contribution in [2.24, 2.45) is 10.9 Å². The van der Waals surface area contributed by atoms with Crippen LogP contribution in [0.5, 0.6) is 0 Å².